The van der Waals surface area contributed by atoms with E-state index < -0.39 is 30.6 Å². The second kappa shape index (κ2) is 5.06. The van der Waals surface area contributed by atoms with Gasteiger partial charge >= 0.3 is 6.18 Å². The van der Waals surface area contributed by atoms with Gasteiger partial charge in [0.25, 0.3) is 0 Å². The van der Waals surface area contributed by atoms with Crippen LogP contribution in [0.25, 0.3) is 5.57 Å². The minimum Gasteiger partial charge on any atom is -0.486 e. The number of hydrogen-bond donors (Lipinski definition) is 2. The van der Waals surface area contributed by atoms with Crippen LogP contribution in [0.4, 0.5) is 17.6 Å². The molecule has 2 rings (SSSR count). The van der Waals surface area contributed by atoms with E-state index in [2.05, 4.69) is 0 Å². The number of fused-ring (bicyclic) bond motifs is 1. The number of hydrogen-bond acceptors (Lipinski definition) is 3. The first-order valence-electron chi connectivity index (χ1n) is 5.79. The molecule has 1 heterocycles. The van der Waals surface area contributed by atoms with Crippen molar-refractivity contribution < 1.29 is 32.5 Å². The lowest BCUT2D eigenvalue weighted by atomic mass is 9.89. The number of benzene rings is 1. The minimum atomic E-state index is -4.99. The number of ether oxygens (including phenoxy) is 1. The Balaban J connectivity index is 2.37. The molecule has 1 atom stereocenters. The molecule has 2 N–H and O–H groups in total. The largest absolute Gasteiger partial charge is 0.486 e. The molecule has 0 saturated carbocycles. The van der Waals surface area contributed by atoms with Crippen molar-refractivity contribution in [1.82, 2.24) is 0 Å². The van der Waals surface area contributed by atoms with Crippen molar-refractivity contribution >= 4 is 5.57 Å². The third-order valence-corrected chi connectivity index (χ3v) is 3.14. The van der Waals surface area contributed by atoms with Crippen LogP contribution in [0.5, 0.6) is 5.75 Å². The van der Waals surface area contributed by atoms with Crippen LogP contribution in [-0.2, 0) is 0 Å². The Morgan fingerprint density at radius 1 is 1.25 bits per heavy atom. The first kappa shape index (κ1) is 14.8. The maximum absolute atomic E-state index is 13.5. The molecule has 20 heavy (non-hydrogen) atoms. The Morgan fingerprint density at radius 2 is 1.95 bits per heavy atom. The average Bonchev–Trinajstić information content (AvgIpc) is 2.38. The van der Waals surface area contributed by atoms with Crippen LogP contribution in [0.1, 0.15) is 12.0 Å². The van der Waals surface area contributed by atoms with Crippen LogP contribution in [-0.4, -0.2) is 35.2 Å². The quantitative estimate of drug-likeness (QED) is 0.840. The van der Waals surface area contributed by atoms with Gasteiger partial charge in [-0.15, -0.1) is 0 Å². The average molecular weight is 292 g/mol. The number of alkyl halides is 3. The fraction of sp³-hybridized carbons (Fsp3) is 0.385. The summed E-state index contributed by atoms with van der Waals surface area (Å²) < 4.78 is 56.9. The van der Waals surface area contributed by atoms with Crippen molar-refractivity contribution in [3.8, 4) is 5.75 Å². The standard InChI is InChI=1S/C13H12F4O3/c14-10-3-1-2-9-8(4-5-20-11(9)10)6-12(19,7-18)13(15,16)17/h1-4,18-19H,5-7H2. The van der Waals surface area contributed by atoms with E-state index in [1.165, 1.54) is 18.2 Å². The first-order valence-corrected chi connectivity index (χ1v) is 5.79. The van der Waals surface area contributed by atoms with Gasteiger partial charge in [0.1, 0.15) is 6.61 Å². The van der Waals surface area contributed by atoms with E-state index in [1.54, 1.807) is 0 Å². The summed E-state index contributed by atoms with van der Waals surface area (Å²) in [5.74, 6) is -0.833. The molecule has 1 aromatic carbocycles. The molecule has 110 valence electrons. The topological polar surface area (TPSA) is 49.7 Å². The zero-order chi connectivity index (χ0) is 15.0. The summed E-state index contributed by atoms with van der Waals surface area (Å²) in [5.41, 5.74) is -3.04. The summed E-state index contributed by atoms with van der Waals surface area (Å²) in [4.78, 5) is 0. The zero-order valence-electron chi connectivity index (χ0n) is 10.2. The number of aliphatic hydroxyl groups is 2. The lowest BCUT2D eigenvalue weighted by Crippen LogP contribution is -2.48. The van der Waals surface area contributed by atoms with Gasteiger partial charge in [-0.1, -0.05) is 12.1 Å². The lowest BCUT2D eigenvalue weighted by molar-refractivity contribution is -0.268. The van der Waals surface area contributed by atoms with Gasteiger partial charge in [0, 0.05) is 12.0 Å². The molecule has 3 nitrogen and oxygen atoms in total. The molecule has 1 aliphatic heterocycles. The van der Waals surface area contributed by atoms with E-state index in [0.717, 1.165) is 6.07 Å². The van der Waals surface area contributed by atoms with Crippen molar-refractivity contribution in [2.24, 2.45) is 0 Å². The molecule has 0 fully saturated rings. The normalized spacial score (nSPS) is 17.8. The molecule has 0 saturated heterocycles. The van der Waals surface area contributed by atoms with Gasteiger partial charge in [0.05, 0.1) is 6.61 Å². The Labute approximate surface area is 112 Å². The summed E-state index contributed by atoms with van der Waals surface area (Å²) in [6, 6.07) is 3.86. The monoisotopic (exact) mass is 292 g/mol. The Kier molecular flexibility index (Phi) is 3.75. The lowest BCUT2D eigenvalue weighted by Gasteiger charge is -2.31. The van der Waals surface area contributed by atoms with Gasteiger partial charge in [-0.3, -0.25) is 0 Å². The fourth-order valence-electron chi connectivity index (χ4n) is 1.97. The molecule has 7 heteroatoms. The summed E-state index contributed by atoms with van der Waals surface area (Å²) in [5, 5.41) is 18.4. The summed E-state index contributed by atoms with van der Waals surface area (Å²) >= 11 is 0. The number of halogens is 4. The third-order valence-electron chi connectivity index (χ3n) is 3.14. The maximum atomic E-state index is 13.5. The SMILES string of the molecule is OCC(O)(CC1=CCOc2c(F)cccc21)C(F)(F)F. The highest BCUT2D eigenvalue weighted by Crippen LogP contribution is 2.41. The van der Waals surface area contributed by atoms with Crippen LogP contribution >= 0.6 is 0 Å². The second-order valence-electron chi connectivity index (χ2n) is 4.52. The molecule has 0 radical (unpaired) electrons. The molecule has 1 unspecified atom stereocenters. The van der Waals surface area contributed by atoms with E-state index in [4.69, 9.17) is 9.84 Å². The second-order valence-corrected chi connectivity index (χ2v) is 4.52. The molecule has 0 amide bonds. The molecule has 0 aliphatic carbocycles. The maximum Gasteiger partial charge on any atom is 0.419 e. The van der Waals surface area contributed by atoms with Crippen LogP contribution in [0.3, 0.4) is 0 Å². The van der Waals surface area contributed by atoms with E-state index in [1.807, 2.05) is 0 Å². The van der Waals surface area contributed by atoms with Crippen molar-refractivity contribution in [2.75, 3.05) is 13.2 Å². The zero-order valence-corrected chi connectivity index (χ0v) is 10.2. The minimum absolute atomic E-state index is 0.0830. The first-order chi connectivity index (χ1) is 9.28. The van der Waals surface area contributed by atoms with E-state index in [0.29, 0.717) is 0 Å². The third kappa shape index (κ3) is 2.51. The molecule has 0 aromatic heterocycles. The van der Waals surface area contributed by atoms with E-state index >= 15 is 0 Å². The van der Waals surface area contributed by atoms with Crippen molar-refractivity contribution in [2.45, 2.75) is 18.2 Å². The van der Waals surface area contributed by atoms with E-state index in [-0.39, 0.29) is 23.5 Å². The van der Waals surface area contributed by atoms with E-state index in [9.17, 15) is 22.7 Å². The predicted molar refractivity (Wildman–Crippen MR) is 62.6 cm³/mol. The molecule has 1 aromatic rings. The summed E-state index contributed by atoms with van der Waals surface area (Å²) in [6.45, 7) is -1.57. The van der Waals surface area contributed by atoms with Crippen molar-refractivity contribution in [1.29, 1.82) is 0 Å². The van der Waals surface area contributed by atoms with Gasteiger partial charge in [-0.05, 0) is 17.7 Å². The Bertz CT molecular complexity index is 539. The van der Waals surface area contributed by atoms with Crippen LogP contribution in [0.15, 0.2) is 24.3 Å². The van der Waals surface area contributed by atoms with Crippen LogP contribution in [0, 0.1) is 5.82 Å². The van der Waals surface area contributed by atoms with Gasteiger partial charge < -0.3 is 14.9 Å². The Hall–Kier alpha value is -1.60. The molecule has 1 aliphatic rings. The smallest absolute Gasteiger partial charge is 0.419 e. The van der Waals surface area contributed by atoms with Crippen LogP contribution in [0.2, 0.25) is 0 Å². The van der Waals surface area contributed by atoms with Gasteiger partial charge in [-0.2, -0.15) is 13.2 Å². The molecule has 0 bridgehead atoms. The van der Waals surface area contributed by atoms with Crippen molar-refractivity contribution in [3.63, 3.8) is 0 Å². The number of aliphatic hydroxyl groups excluding tert-OH is 1. The highest BCUT2D eigenvalue weighted by Gasteiger charge is 2.53. The van der Waals surface area contributed by atoms with Crippen LogP contribution < -0.4 is 4.74 Å². The molecular weight excluding hydrogens is 280 g/mol. The number of para-hydroxylation sites is 1. The van der Waals surface area contributed by atoms with Crippen molar-refractivity contribution in [3.05, 3.63) is 35.7 Å². The highest BCUT2D eigenvalue weighted by atomic mass is 19.4. The summed E-state index contributed by atoms with van der Waals surface area (Å²) in [7, 11) is 0. The van der Waals surface area contributed by atoms with Gasteiger partial charge in [-0.25, -0.2) is 4.39 Å². The molecular formula is C13H12F4O3. The fourth-order valence-corrected chi connectivity index (χ4v) is 1.97. The highest BCUT2D eigenvalue weighted by molar-refractivity contribution is 5.73. The molecule has 0 spiro atoms. The summed E-state index contributed by atoms with van der Waals surface area (Å²) in [6.07, 6.45) is -4.53. The predicted octanol–water partition coefficient (Wildman–Crippen LogP) is 2.28. The Morgan fingerprint density at radius 3 is 2.55 bits per heavy atom. The number of rotatable bonds is 3. The van der Waals surface area contributed by atoms with Gasteiger partial charge in [0.15, 0.2) is 17.2 Å². The van der Waals surface area contributed by atoms with Gasteiger partial charge in [0.2, 0.25) is 0 Å².